The van der Waals surface area contributed by atoms with Crippen LogP contribution in [0, 0.1) is 5.92 Å². The van der Waals surface area contributed by atoms with Crippen molar-refractivity contribution >= 4 is 47.6 Å². The molecule has 0 aromatic carbocycles. The van der Waals surface area contributed by atoms with Crippen molar-refractivity contribution in [1.29, 1.82) is 0 Å². The number of thioether (sulfide) groups is 1. The summed E-state index contributed by atoms with van der Waals surface area (Å²) in [6, 6.07) is 0.262. The van der Waals surface area contributed by atoms with Crippen LogP contribution in [0.5, 0.6) is 0 Å². The number of hydrogen-bond donors (Lipinski definition) is 3. The average molecular weight is 484 g/mol. The van der Waals surface area contributed by atoms with Crippen molar-refractivity contribution in [3.05, 3.63) is 0 Å². The lowest BCUT2D eigenvalue weighted by molar-refractivity contribution is -0.134. The van der Waals surface area contributed by atoms with Crippen LogP contribution in [0.25, 0.3) is 0 Å². The van der Waals surface area contributed by atoms with Crippen LogP contribution in [0.15, 0.2) is 4.99 Å². The van der Waals surface area contributed by atoms with Crippen molar-refractivity contribution in [1.82, 2.24) is 15.5 Å². The van der Waals surface area contributed by atoms with Crippen molar-refractivity contribution < 1.29 is 9.90 Å². The van der Waals surface area contributed by atoms with Gasteiger partial charge in [0.25, 0.3) is 0 Å². The van der Waals surface area contributed by atoms with Crippen LogP contribution in [0.4, 0.5) is 0 Å². The number of carbonyl (C=O) groups excluding carboxylic acids is 1. The zero-order valence-corrected chi connectivity index (χ0v) is 18.7. The van der Waals surface area contributed by atoms with Gasteiger partial charge in [0.15, 0.2) is 5.96 Å². The first-order chi connectivity index (χ1) is 11.4. The molecule has 3 atom stereocenters. The largest absolute Gasteiger partial charge is 0.387 e. The Morgan fingerprint density at radius 2 is 2.16 bits per heavy atom. The number of amides is 1. The Balaban J connectivity index is 0.00000312. The third-order valence-corrected chi connectivity index (χ3v) is 6.00. The van der Waals surface area contributed by atoms with E-state index in [1.807, 2.05) is 21.0 Å². The van der Waals surface area contributed by atoms with E-state index < -0.39 is 5.60 Å². The van der Waals surface area contributed by atoms with Crippen molar-refractivity contribution in [3.8, 4) is 0 Å². The molecule has 1 aliphatic heterocycles. The van der Waals surface area contributed by atoms with E-state index in [0.29, 0.717) is 6.54 Å². The van der Waals surface area contributed by atoms with Crippen molar-refractivity contribution in [3.63, 3.8) is 0 Å². The molecular weight excluding hydrogens is 451 g/mol. The minimum atomic E-state index is -0.664. The Labute approximate surface area is 173 Å². The van der Waals surface area contributed by atoms with E-state index in [-0.39, 0.29) is 41.8 Å². The summed E-state index contributed by atoms with van der Waals surface area (Å²) in [7, 11) is 3.65. The average Bonchev–Trinajstić information content (AvgIpc) is 2.99. The minimum absolute atomic E-state index is 0. The van der Waals surface area contributed by atoms with Gasteiger partial charge >= 0.3 is 0 Å². The molecule has 1 saturated carbocycles. The van der Waals surface area contributed by atoms with Gasteiger partial charge in [0.2, 0.25) is 5.91 Å². The van der Waals surface area contributed by atoms with Crippen molar-refractivity contribution in [2.45, 2.75) is 50.7 Å². The summed E-state index contributed by atoms with van der Waals surface area (Å²) in [6.45, 7) is 3.25. The van der Waals surface area contributed by atoms with E-state index >= 15 is 0 Å². The third-order valence-electron chi connectivity index (χ3n) is 4.76. The predicted molar refractivity (Wildman–Crippen MR) is 116 cm³/mol. The first-order valence-electron chi connectivity index (χ1n) is 8.99. The summed E-state index contributed by atoms with van der Waals surface area (Å²) >= 11 is 1.79. The van der Waals surface area contributed by atoms with Crippen LogP contribution in [0.2, 0.25) is 0 Å². The Hall–Kier alpha value is -0.220. The maximum atomic E-state index is 12.2. The maximum absolute atomic E-state index is 12.2. The number of aliphatic imine (C=N–C) groups is 1. The van der Waals surface area contributed by atoms with Crippen LogP contribution < -0.4 is 10.6 Å². The van der Waals surface area contributed by atoms with Gasteiger partial charge in [-0.2, -0.15) is 11.8 Å². The van der Waals surface area contributed by atoms with Gasteiger partial charge in [0.05, 0.1) is 12.1 Å². The molecule has 3 unspecified atom stereocenters. The van der Waals surface area contributed by atoms with E-state index in [1.165, 1.54) is 0 Å². The van der Waals surface area contributed by atoms with E-state index in [0.717, 1.165) is 56.1 Å². The van der Waals surface area contributed by atoms with Gasteiger partial charge < -0.3 is 20.6 Å². The van der Waals surface area contributed by atoms with Gasteiger partial charge in [-0.1, -0.05) is 6.42 Å². The second-order valence-corrected chi connectivity index (χ2v) is 8.26. The quantitative estimate of drug-likeness (QED) is 0.315. The molecule has 2 aliphatic rings. The summed E-state index contributed by atoms with van der Waals surface area (Å²) in [4.78, 5) is 18.5. The smallest absolute Gasteiger partial charge is 0.225 e. The number of hydrogen-bond acceptors (Lipinski definition) is 4. The van der Waals surface area contributed by atoms with E-state index in [2.05, 4.69) is 15.6 Å². The number of nitrogens with one attached hydrogen (secondary N) is 2. The summed E-state index contributed by atoms with van der Waals surface area (Å²) in [5.41, 5.74) is -0.664. The standard InChI is InChI=1S/C17H32N4O2S.HI/c1-4-18-16(19-11-17(23)8-9-24-12-17)20-14-7-5-6-13(10-14)15(22)21(2)3;/h13-14,23H,4-12H2,1-3H3,(H2,18,19,20);1H. The fourth-order valence-corrected chi connectivity index (χ4v) is 4.66. The monoisotopic (exact) mass is 484 g/mol. The molecule has 2 fully saturated rings. The molecule has 3 N–H and O–H groups in total. The third kappa shape index (κ3) is 7.13. The molecule has 1 amide bonds. The van der Waals surface area contributed by atoms with Crippen LogP contribution in [0.1, 0.15) is 39.0 Å². The number of rotatable bonds is 5. The van der Waals surface area contributed by atoms with E-state index in [4.69, 9.17) is 0 Å². The highest BCUT2D eigenvalue weighted by molar-refractivity contribution is 14.0. The first kappa shape index (κ1) is 22.8. The van der Waals surface area contributed by atoms with Crippen molar-refractivity contribution in [2.75, 3.05) is 38.7 Å². The SMILES string of the molecule is CCNC(=NCC1(O)CCSC1)NC1CCCC(C(=O)N(C)C)C1.I. The second kappa shape index (κ2) is 10.8. The Bertz CT molecular complexity index is 456. The van der Waals surface area contributed by atoms with Gasteiger partial charge in [-0.05, 0) is 38.4 Å². The molecule has 0 spiro atoms. The molecule has 25 heavy (non-hydrogen) atoms. The van der Waals surface area contributed by atoms with Gasteiger partial charge in [0, 0.05) is 38.4 Å². The van der Waals surface area contributed by atoms with Gasteiger partial charge in [0.1, 0.15) is 0 Å². The van der Waals surface area contributed by atoms with Gasteiger partial charge in [-0.25, -0.2) is 0 Å². The number of nitrogens with zero attached hydrogens (tertiary/aromatic N) is 2. The molecule has 1 heterocycles. The molecule has 0 aromatic rings. The Kier molecular flexibility index (Phi) is 9.87. The zero-order chi connectivity index (χ0) is 17.6. The van der Waals surface area contributed by atoms with E-state index in [9.17, 15) is 9.90 Å². The Morgan fingerprint density at radius 1 is 1.40 bits per heavy atom. The first-order valence-corrected chi connectivity index (χ1v) is 10.1. The topological polar surface area (TPSA) is 77.0 Å². The molecule has 6 nitrogen and oxygen atoms in total. The molecule has 0 aromatic heterocycles. The molecule has 8 heteroatoms. The highest BCUT2D eigenvalue weighted by Crippen LogP contribution is 2.28. The molecule has 1 saturated heterocycles. The van der Waals surface area contributed by atoms with Crippen LogP contribution in [0.3, 0.4) is 0 Å². The minimum Gasteiger partial charge on any atom is -0.387 e. The molecule has 0 radical (unpaired) electrons. The van der Waals surface area contributed by atoms with Crippen LogP contribution >= 0.6 is 35.7 Å². The predicted octanol–water partition coefficient (Wildman–Crippen LogP) is 1.67. The molecule has 2 rings (SSSR count). The highest BCUT2D eigenvalue weighted by Gasteiger charge is 2.32. The number of guanidine groups is 1. The Morgan fingerprint density at radius 3 is 2.76 bits per heavy atom. The molecule has 1 aliphatic carbocycles. The van der Waals surface area contributed by atoms with Crippen molar-refractivity contribution in [2.24, 2.45) is 10.9 Å². The van der Waals surface area contributed by atoms with Gasteiger partial charge in [-0.3, -0.25) is 9.79 Å². The lowest BCUT2D eigenvalue weighted by Crippen LogP contribution is -2.47. The fraction of sp³-hybridized carbons (Fsp3) is 0.882. The molecular formula is C17H33IN4O2S. The number of halogens is 1. The molecule has 146 valence electrons. The normalized spacial score (nSPS) is 29.7. The summed E-state index contributed by atoms with van der Waals surface area (Å²) in [6.07, 6.45) is 4.74. The number of aliphatic hydroxyl groups is 1. The van der Waals surface area contributed by atoms with Gasteiger partial charge in [-0.15, -0.1) is 24.0 Å². The lowest BCUT2D eigenvalue weighted by atomic mass is 9.85. The molecule has 0 bridgehead atoms. The van der Waals surface area contributed by atoms with Crippen LogP contribution in [-0.4, -0.2) is 72.2 Å². The number of carbonyl (C=O) groups is 1. The second-order valence-electron chi connectivity index (χ2n) is 7.16. The summed E-state index contributed by atoms with van der Waals surface area (Å²) < 4.78 is 0. The highest BCUT2D eigenvalue weighted by atomic mass is 127. The summed E-state index contributed by atoms with van der Waals surface area (Å²) in [5, 5.41) is 17.2. The summed E-state index contributed by atoms with van der Waals surface area (Å²) in [5.74, 6) is 2.85. The zero-order valence-electron chi connectivity index (χ0n) is 15.6. The van der Waals surface area contributed by atoms with E-state index in [1.54, 1.807) is 16.7 Å². The maximum Gasteiger partial charge on any atom is 0.225 e. The van der Waals surface area contributed by atoms with Crippen LogP contribution in [-0.2, 0) is 4.79 Å². The lowest BCUT2D eigenvalue weighted by Gasteiger charge is -2.31. The fourth-order valence-electron chi connectivity index (χ4n) is 3.37.